The topological polar surface area (TPSA) is 20.2 Å². The highest BCUT2D eigenvalue weighted by molar-refractivity contribution is 4.55. The number of rotatable bonds is 9. The Hall–Kier alpha value is -0.0400. The molecule has 1 N–H and O–H groups in total. The summed E-state index contributed by atoms with van der Waals surface area (Å²) in [5.74, 6) is 0. The van der Waals surface area contributed by atoms with Crippen molar-refractivity contribution in [1.82, 2.24) is 0 Å². The van der Waals surface area contributed by atoms with E-state index in [4.69, 9.17) is 0 Å². The molecule has 80 valence electrons. The number of aliphatic hydroxyl groups is 1. The molecule has 0 radical (unpaired) electrons. The zero-order valence-corrected chi connectivity index (χ0v) is 9.39. The molecule has 0 fully saturated rings. The third-order valence-corrected chi connectivity index (χ3v) is 2.53. The zero-order chi connectivity index (χ0) is 9.94. The minimum Gasteiger partial charge on any atom is -0.393 e. The molecule has 0 aromatic rings. The molecule has 1 heteroatoms. The number of hydrogen-bond donors (Lipinski definition) is 1. The Balaban J connectivity index is 3.03. The van der Waals surface area contributed by atoms with E-state index in [1.54, 1.807) is 0 Å². The second kappa shape index (κ2) is 10.0. The molecule has 13 heavy (non-hydrogen) atoms. The van der Waals surface area contributed by atoms with Crippen LogP contribution in [0.2, 0.25) is 0 Å². The summed E-state index contributed by atoms with van der Waals surface area (Å²) < 4.78 is 0. The third kappa shape index (κ3) is 9.88. The van der Waals surface area contributed by atoms with Gasteiger partial charge < -0.3 is 5.11 Å². The summed E-state index contributed by atoms with van der Waals surface area (Å²) >= 11 is 0. The molecule has 0 rings (SSSR count). The molecule has 1 nitrogen and oxygen atoms in total. The first-order valence-corrected chi connectivity index (χ1v) is 5.99. The highest BCUT2D eigenvalue weighted by Crippen LogP contribution is 2.10. The SMILES string of the molecule is CCCCCCC[C@H](O)CCCC. The lowest BCUT2D eigenvalue weighted by Crippen LogP contribution is -2.05. The number of unbranched alkanes of at least 4 members (excludes halogenated alkanes) is 5. The lowest BCUT2D eigenvalue weighted by molar-refractivity contribution is 0.148. The van der Waals surface area contributed by atoms with Gasteiger partial charge in [-0.15, -0.1) is 0 Å². The van der Waals surface area contributed by atoms with Crippen molar-refractivity contribution in [3.63, 3.8) is 0 Å². The summed E-state index contributed by atoms with van der Waals surface area (Å²) in [5.41, 5.74) is 0. The van der Waals surface area contributed by atoms with Gasteiger partial charge in [-0.1, -0.05) is 58.8 Å². The summed E-state index contributed by atoms with van der Waals surface area (Å²) in [6.45, 7) is 4.41. The van der Waals surface area contributed by atoms with E-state index in [-0.39, 0.29) is 6.10 Å². The van der Waals surface area contributed by atoms with Gasteiger partial charge in [-0.05, 0) is 12.8 Å². The predicted molar refractivity (Wildman–Crippen MR) is 58.9 cm³/mol. The van der Waals surface area contributed by atoms with E-state index in [1.807, 2.05) is 0 Å². The first kappa shape index (κ1) is 13.0. The predicted octanol–water partition coefficient (Wildman–Crippen LogP) is 3.90. The minimum atomic E-state index is -0.0263. The molecule has 0 heterocycles. The van der Waals surface area contributed by atoms with Crippen LogP contribution in [0.3, 0.4) is 0 Å². The van der Waals surface area contributed by atoms with Crippen LogP contribution in [0.1, 0.15) is 71.6 Å². The van der Waals surface area contributed by atoms with Crippen LogP contribution in [0.25, 0.3) is 0 Å². The molecule has 0 saturated carbocycles. The van der Waals surface area contributed by atoms with Gasteiger partial charge in [0.15, 0.2) is 0 Å². The van der Waals surface area contributed by atoms with Crippen LogP contribution in [0.15, 0.2) is 0 Å². The molecule has 1 atom stereocenters. The largest absolute Gasteiger partial charge is 0.393 e. The van der Waals surface area contributed by atoms with Gasteiger partial charge >= 0.3 is 0 Å². The van der Waals surface area contributed by atoms with Crippen molar-refractivity contribution in [1.29, 1.82) is 0 Å². The van der Waals surface area contributed by atoms with Gasteiger partial charge in [-0.3, -0.25) is 0 Å². The highest BCUT2D eigenvalue weighted by atomic mass is 16.3. The van der Waals surface area contributed by atoms with Crippen LogP contribution >= 0.6 is 0 Å². The van der Waals surface area contributed by atoms with Crippen LogP contribution < -0.4 is 0 Å². The van der Waals surface area contributed by atoms with Crippen molar-refractivity contribution in [3.8, 4) is 0 Å². The van der Waals surface area contributed by atoms with E-state index >= 15 is 0 Å². The highest BCUT2D eigenvalue weighted by Gasteiger charge is 2.01. The Morgan fingerprint density at radius 1 is 0.769 bits per heavy atom. The van der Waals surface area contributed by atoms with E-state index in [2.05, 4.69) is 13.8 Å². The molecule has 0 unspecified atom stereocenters. The lowest BCUT2D eigenvalue weighted by Gasteiger charge is -2.08. The summed E-state index contributed by atoms with van der Waals surface area (Å²) in [5, 5.41) is 9.54. The van der Waals surface area contributed by atoms with E-state index in [0.717, 1.165) is 12.8 Å². The Morgan fingerprint density at radius 3 is 1.92 bits per heavy atom. The van der Waals surface area contributed by atoms with Crippen molar-refractivity contribution in [2.24, 2.45) is 0 Å². The van der Waals surface area contributed by atoms with E-state index in [0.29, 0.717) is 0 Å². The summed E-state index contributed by atoms with van der Waals surface area (Å²) in [6.07, 6.45) is 10.9. The summed E-state index contributed by atoms with van der Waals surface area (Å²) in [4.78, 5) is 0. The first-order valence-electron chi connectivity index (χ1n) is 5.99. The van der Waals surface area contributed by atoms with Crippen LogP contribution in [0.4, 0.5) is 0 Å². The quantitative estimate of drug-likeness (QED) is 0.541. The first-order chi connectivity index (χ1) is 6.31. The van der Waals surface area contributed by atoms with E-state index in [1.165, 1.54) is 44.9 Å². The number of hydrogen-bond acceptors (Lipinski definition) is 1. The van der Waals surface area contributed by atoms with Gasteiger partial charge in [-0.25, -0.2) is 0 Å². The average Bonchev–Trinajstić information content (AvgIpc) is 2.14. The Bertz CT molecular complexity index is 91.1. The molecule has 0 saturated heterocycles. The maximum absolute atomic E-state index is 9.54. The second-order valence-electron chi connectivity index (χ2n) is 4.00. The standard InChI is InChI=1S/C12H26O/c1-3-5-7-8-9-11-12(13)10-6-4-2/h12-13H,3-11H2,1-2H3/t12-/m1/s1. The fraction of sp³-hybridized carbons (Fsp3) is 1.00. The maximum Gasteiger partial charge on any atom is 0.0540 e. The Morgan fingerprint density at radius 2 is 1.31 bits per heavy atom. The molecule has 0 aromatic heterocycles. The molecule has 0 aliphatic carbocycles. The van der Waals surface area contributed by atoms with E-state index in [9.17, 15) is 5.11 Å². The van der Waals surface area contributed by atoms with E-state index < -0.39 is 0 Å². The van der Waals surface area contributed by atoms with Crippen LogP contribution in [-0.2, 0) is 0 Å². The fourth-order valence-electron chi connectivity index (χ4n) is 1.57. The summed E-state index contributed by atoms with van der Waals surface area (Å²) in [7, 11) is 0. The van der Waals surface area contributed by atoms with Gasteiger partial charge in [0.25, 0.3) is 0 Å². The van der Waals surface area contributed by atoms with Gasteiger partial charge in [0, 0.05) is 0 Å². The molecule has 0 bridgehead atoms. The zero-order valence-electron chi connectivity index (χ0n) is 9.39. The number of aliphatic hydroxyl groups excluding tert-OH is 1. The van der Waals surface area contributed by atoms with Gasteiger partial charge in [0.2, 0.25) is 0 Å². The molecule has 0 aliphatic rings. The molecular weight excluding hydrogens is 160 g/mol. The molecule has 0 spiro atoms. The average molecular weight is 186 g/mol. The van der Waals surface area contributed by atoms with Crippen molar-refractivity contribution in [2.75, 3.05) is 0 Å². The third-order valence-electron chi connectivity index (χ3n) is 2.53. The van der Waals surface area contributed by atoms with Crippen molar-refractivity contribution < 1.29 is 5.11 Å². The molecule has 0 aliphatic heterocycles. The van der Waals surface area contributed by atoms with Gasteiger partial charge in [0.1, 0.15) is 0 Å². The minimum absolute atomic E-state index is 0.0263. The lowest BCUT2D eigenvalue weighted by atomic mass is 10.0. The van der Waals surface area contributed by atoms with Crippen molar-refractivity contribution >= 4 is 0 Å². The maximum atomic E-state index is 9.54. The van der Waals surface area contributed by atoms with Crippen LogP contribution in [-0.4, -0.2) is 11.2 Å². The second-order valence-corrected chi connectivity index (χ2v) is 4.00. The van der Waals surface area contributed by atoms with Crippen molar-refractivity contribution in [3.05, 3.63) is 0 Å². The fourth-order valence-corrected chi connectivity index (χ4v) is 1.57. The molecule has 0 aromatic carbocycles. The smallest absolute Gasteiger partial charge is 0.0540 e. The van der Waals surface area contributed by atoms with Gasteiger partial charge in [-0.2, -0.15) is 0 Å². The monoisotopic (exact) mass is 186 g/mol. The molecular formula is C12H26O. The normalized spacial score (nSPS) is 13.2. The van der Waals surface area contributed by atoms with Gasteiger partial charge in [0.05, 0.1) is 6.10 Å². The van der Waals surface area contributed by atoms with Crippen LogP contribution in [0, 0.1) is 0 Å². The molecule has 0 amide bonds. The summed E-state index contributed by atoms with van der Waals surface area (Å²) in [6, 6.07) is 0. The Labute approximate surface area is 83.5 Å². The van der Waals surface area contributed by atoms with Crippen molar-refractivity contribution in [2.45, 2.75) is 77.7 Å². The Kier molecular flexibility index (Phi) is 10.0. The van der Waals surface area contributed by atoms with Crippen LogP contribution in [0.5, 0.6) is 0 Å².